The number of hydrogen-bond donors (Lipinski definition) is 1. The average molecular weight is 261 g/mol. The quantitative estimate of drug-likeness (QED) is 0.841. The van der Waals surface area contributed by atoms with Crippen LogP contribution in [0.1, 0.15) is 30.1 Å². The van der Waals surface area contributed by atoms with Gasteiger partial charge in [0.15, 0.2) is 0 Å². The average Bonchev–Trinajstić information content (AvgIpc) is 2.85. The Bertz CT molecular complexity index is 447. The van der Waals surface area contributed by atoms with Crippen LogP contribution < -0.4 is 5.73 Å². The Morgan fingerprint density at radius 3 is 3.00 bits per heavy atom. The molecule has 104 valence electrons. The van der Waals surface area contributed by atoms with Crippen LogP contribution in [0.5, 0.6) is 0 Å². The number of carbonyl (C=O) groups excluding carboxylic acids is 1. The lowest BCUT2D eigenvalue weighted by molar-refractivity contribution is 0.0754. The molecule has 1 unspecified atom stereocenters. The number of carbonyl (C=O) groups is 1. The number of benzene rings is 1. The predicted octanol–water partition coefficient (Wildman–Crippen LogP) is 1.83. The highest BCUT2D eigenvalue weighted by molar-refractivity contribution is 5.94. The van der Waals surface area contributed by atoms with Gasteiger partial charge in [0.05, 0.1) is 0 Å². The summed E-state index contributed by atoms with van der Waals surface area (Å²) < 4.78 is 0. The first-order valence-corrected chi connectivity index (χ1v) is 6.97. The molecular weight excluding hydrogens is 238 g/mol. The van der Waals surface area contributed by atoms with Crippen molar-refractivity contribution in [3.8, 4) is 0 Å². The second-order valence-electron chi connectivity index (χ2n) is 5.24. The highest BCUT2D eigenvalue weighted by Crippen LogP contribution is 2.18. The van der Waals surface area contributed by atoms with Crippen molar-refractivity contribution in [2.45, 2.75) is 25.8 Å². The summed E-state index contributed by atoms with van der Waals surface area (Å²) in [6.07, 6.45) is 2.42. The molecule has 1 atom stereocenters. The van der Waals surface area contributed by atoms with Crippen molar-refractivity contribution in [1.29, 1.82) is 0 Å². The lowest BCUT2D eigenvalue weighted by atomic mass is 10.1. The van der Waals surface area contributed by atoms with Gasteiger partial charge < -0.3 is 10.6 Å². The Morgan fingerprint density at radius 2 is 2.32 bits per heavy atom. The van der Waals surface area contributed by atoms with Crippen LogP contribution in [-0.2, 0) is 0 Å². The maximum atomic E-state index is 12.3. The number of likely N-dealkylation sites (tertiary alicyclic amines) is 1. The van der Waals surface area contributed by atoms with E-state index in [1.807, 2.05) is 24.1 Å². The van der Waals surface area contributed by atoms with E-state index in [9.17, 15) is 4.79 Å². The van der Waals surface area contributed by atoms with Crippen molar-refractivity contribution >= 4 is 11.6 Å². The predicted molar refractivity (Wildman–Crippen MR) is 78.1 cm³/mol. The van der Waals surface area contributed by atoms with Gasteiger partial charge in [0.25, 0.3) is 5.91 Å². The van der Waals surface area contributed by atoms with E-state index in [1.54, 1.807) is 12.1 Å². The van der Waals surface area contributed by atoms with Gasteiger partial charge in [0.2, 0.25) is 0 Å². The van der Waals surface area contributed by atoms with E-state index < -0.39 is 0 Å². The van der Waals surface area contributed by atoms with Gasteiger partial charge in [-0.1, -0.05) is 13.0 Å². The first kappa shape index (κ1) is 13.9. The summed E-state index contributed by atoms with van der Waals surface area (Å²) in [5, 5.41) is 0. The topological polar surface area (TPSA) is 49.6 Å². The van der Waals surface area contributed by atoms with E-state index in [-0.39, 0.29) is 5.91 Å². The van der Waals surface area contributed by atoms with Crippen LogP contribution in [0.15, 0.2) is 24.3 Å². The molecule has 1 aromatic carbocycles. The fraction of sp³-hybridized carbons (Fsp3) is 0.533. The third kappa shape index (κ3) is 3.26. The van der Waals surface area contributed by atoms with Crippen LogP contribution in [0.25, 0.3) is 0 Å². The Balaban J connectivity index is 1.99. The van der Waals surface area contributed by atoms with E-state index in [0.717, 1.165) is 19.6 Å². The lowest BCUT2D eigenvalue weighted by Crippen LogP contribution is -2.41. The fourth-order valence-corrected chi connectivity index (χ4v) is 2.81. The van der Waals surface area contributed by atoms with Crippen LogP contribution in [-0.4, -0.2) is 48.4 Å². The lowest BCUT2D eigenvalue weighted by Gasteiger charge is -2.27. The zero-order valence-corrected chi connectivity index (χ0v) is 11.8. The molecule has 1 fully saturated rings. The fourth-order valence-electron chi connectivity index (χ4n) is 2.81. The second kappa shape index (κ2) is 6.06. The largest absolute Gasteiger partial charge is 0.399 e. The van der Waals surface area contributed by atoms with Crippen LogP contribution in [0.3, 0.4) is 0 Å². The number of likely N-dealkylation sites (N-methyl/N-ethyl adjacent to an activating group) is 2. The van der Waals surface area contributed by atoms with Crippen molar-refractivity contribution in [2.24, 2.45) is 0 Å². The zero-order chi connectivity index (χ0) is 13.8. The first-order valence-electron chi connectivity index (χ1n) is 6.97. The Labute approximate surface area is 115 Å². The summed E-state index contributed by atoms with van der Waals surface area (Å²) in [4.78, 5) is 16.6. The molecule has 1 aliphatic heterocycles. The van der Waals surface area contributed by atoms with Gasteiger partial charge in [-0.2, -0.15) is 0 Å². The minimum atomic E-state index is 0.0512. The zero-order valence-electron chi connectivity index (χ0n) is 11.8. The minimum Gasteiger partial charge on any atom is -0.399 e. The van der Waals surface area contributed by atoms with Gasteiger partial charge in [-0.25, -0.2) is 0 Å². The molecule has 1 amide bonds. The Kier molecular flexibility index (Phi) is 4.43. The summed E-state index contributed by atoms with van der Waals surface area (Å²) in [5.41, 5.74) is 7.03. The van der Waals surface area contributed by atoms with Crippen molar-refractivity contribution in [2.75, 3.05) is 32.4 Å². The highest BCUT2D eigenvalue weighted by Gasteiger charge is 2.25. The number of nitrogens with zero attached hydrogens (tertiary/aromatic N) is 2. The summed E-state index contributed by atoms with van der Waals surface area (Å²) in [6, 6.07) is 7.68. The standard InChI is InChI=1S/C15H23N3O/c1-3-18-9-5-8-14(18)11-17(2)15(19)12-6-4-7-13(16)10-12/h4,6-7,10,14H,3,5,8-9,11,16H2,1-2H3. The summed E-state index contributed by atoms with van der Waals surface area (Å²) in [5.74, 6) is 0.0512. The molecule has 0 spiro atoms. The van der Waals surface area contributed by atoms with Crippen LogP contribution >= 0.6 is 0 Å². The number of anilines is 1. The van der Waals surface area contributed by atoms with Crippen LogP contribution in [0, 0.1) is 0 Å². The van der Waals surface area contributed by atoms with E-state index in [4.69, 9.17) is 5.73 Å². The number of amides is 1. The third-order valence-corrected chi connectivity index (χ3v) is 3.87. The first-order chi connectivity index (χ1) is 9.11. The van der Waals surface area contributed by atoms with Crippen molar-refractivity contribution in [3.05, 3.63) is 29.8 Å². The van der Waals surface area contributed by atoms with E-state index in [1.165, 1.54) is 12.8 Å². The number of hydrogen-bond acceptors (Lipinski definition) is 3. The van der Waals surface area contributed by atoms with Crippen molar-refractivity contribution in [3.63, 3.8) is 0 Å². The molecular formula is C15H23N3O. The number of nitrogens with two attached hydrogens (primary N) is 1. The Morgan fingerprint density at radius 1 is 1.53 bits per heavy atom. The van der Waals surface area contributed by atoms with Gasteiger partial charge in [-0.05, 0) is 44.1 Å². The molecule has 1 aliphatic rings. The summed E-state index contributed by atoms with van der Waals surface area (Å²) in [6.45, 7) is 5.19. The molecule has 4 nitrogen and oxygen atoms in total. The summed E-state index contributed by atoms with van der Waals surface area (Å²) in [7, 11) is 1.87. The van der Waals surface area contributed by atoms with E-state index >= 15 is 0 Å². The van der Waals surface area contributed by atoms with Crippen LogP contribution in [0.2, 0.25) is 0 Å². The second-order valence-corrected chi connectivity index (χ2v) is 5.24. The van der Waals surface area contributed by atoms with Gasteiger partial charge in [-0.3, -0.25) is 9.69 Å². The van der Waals surface area contributed by atoms with E-state index in [2.05, 4.69) is 11.8 Å². The molecule has 2 N–H and O–H groups in total. The molecule has 0 bridgehead atoms. The molecule has 4 heteroatoms. The van der Waals surface area contributed by atoms with Crippen molar-refractivity contribution in [1.82, 2.24) is 9.80 Å². The molecule has 19 heavy (non-hydrogen) atoms. The molecule has 1 heterocycles. The molecule has 0 aromatic heterocycles. The maximum absolute atomic E-state index is 12.3. The monoisotopic (exact) mass is 261 g/mol. The van der Waals surface area contributed by atoms with Gasteiger partial charge in [0, 0.05) is 30.9 Å². The molecule has 1 aromatic rings. The van der Waals surface area contributed by atoms with Gasteiger partial charge in [0.1, 0.15) is 0 Å². The normalized spacial score (nSPS) is 19.6. The SMILES string of the molecule is CCN1CCCC1CN(C)C(=O)c1cccc(N)c1. The van der Waals surface area contributed by atoms with Gasteiger partial charge in [-0.15, -0.1) is 0 Å². The molecule has 2 rings (SSSR count). The van der Waals surface area contributed by atoms with Gasteiger partial charge >= 0.3 is 0 Å². The highest BCUT2D eigenvalue weighted by atomic mass is 16.2. The molecule has 0 aliphatic carbocycles. The molecule has 1 saturated heterocycles. The maximum Gasteiger partial charge on any atom is 0.253 e. The number of nitrogen functional groups attached to an aromatic ring is 1. The third-order valence-electron chi connectivity index (χ3n) is 3.87. The van der Waals surface area contributed by atoms with Crippen LogP contribution in [0.4, 0.5) is 5.69 Å². The van der Waals surface area contributed by atoms with Crippen molar-refractivity contribution < 1.29 is 4.79 Å². The summed E-state index contributed by atoms with van der Waals surface area (Å²) >= 11 is 0. The smallest absolute Gasteiger partial charge is 0.253 e. The molecule has 0 saturated carbocycles. The minimum absolute atomic E-state index is 0.0512. The number of rotatable bonds is 4. The van der Waals surface area contributed by atoms with E-state index in [0.29, 0.717) is 17.3 Å². The molecule has 0 radical (unpaired) electrons. The Hall–Kier alpha value is -1.55.